The number of nitrogens with one attached hydrogen (secondary N) is 2. The molecule has 3 aromatic rings. The average molecular weight is 418 g/mol. The smallest absolute Gasteiger partial charge is 0.215 e. The van der Waals surface area contributed by atoms with Gasteiger partial charge >= 0.3 is 0 Å². The Morgan fingerprint density at radius 3 is 2.55 bits per heavy atom. The first-order chi connectivity index (χ1) is 13.7. The summed E-state index contributed by atoms with van der Waals surface area (Å²) in [5, 5.41) is 7.51. The van der Waals surface area contributed by atoms with Crippen LogP contribution in [0, 0.1) is 26.6 Å². The minimum atomic E-state index is -3.57. The normalized spacial score (nSPS) is 11.6. The minimum absolute atomic E-state index is 0.163. The molecular formula is C19H23FN6O2S. The van der Waals surface area contributed by atoms with Crippen molar-refractivity contribution in [3.63, 3.8) is 0 Å². The van der Waals surface area contributed by atoms with Crippen LogP contribution in [0.3, 0.4) is 0 Å². The van der Waals surface area contributed by atoms with Gasteiger partial charge in [-0.1, -0.05) is 12.1 Å². The second-order valence-electron chi connectivity index (χ2n) is 6.71. The molecule has 10 heteroatoms. The monoisotopic (exact) mass is 418 g/mol. The Labute approximate surface area is 169 Å². The lowest BCUT2D eigenvalue weighted by Crippen LogP contribution is -2.30. The van der Waals surface area contributed by atoms with Gasteiger partial charge in [0.05, 0.1) is 11.4 Å². The molecule has 0 saturated heterocycles. The number of benzene rings is 1. The molecule has 0 aliphatic rings. The van der Waals surface area contributed by atoms with E-state index in [1.807, 2.05) is 19.9 Å². The summed E-state index contributed by atoms with van der Waals surface area (Å²) in [5.41, 5.74) is 2.24. The van der Waals surface area contributed by atoms with Crippen molar-refractivity contribution in [2.45, 2.75) is 26.5 Å². The quantitative estimate of drug-likeness (QED) is 0.544. The van der Waals surface area contributed by atoms with Crippen molar-refractivity contribution in [1.82, 2.24) is 24.5 Å². The molecule has 0 radical (unpaired) electrons. The molecule has 8 nitrogen and oxygen atoms in total. The van der Waals surface area contributed by atoms with Gasteiger partial charge in [-0.2, -0.15) is 5.10 Å². The van der Waals surface area contributed by atoms with Crippen LogP contribution in [-0.2, 0) is 15.8 Å². The number of halogens is 1. The molecule has 154 valence electrons. The Hall–Kier alpha value is -2.85. The molecule has 2 heterocycles. The molecule has 3 rings (SSSR count). The van der Waals surface area contributed by atoms with Gasteiger partial charge in [-0.3, -0.25) is 0 Å². The fourth-order valence-corrected chi connectivity index (χ4v) is 4.04. The van der Waals surface area contributed by atoms with E-state index < -0.39 is 15.8 Å². The lowest BCUT2D eigenvalue weighted by atomic mass is 10.2. The van der Waals surface area contributed by atoms with Crippen LogP contribution in [0.5, 0.6) is 0 Å². The predicted octanol–water partition coefficient (Wildman–Crippen LogP) is 2.26. The van der Waals surface area contributed by atoms with E-state index in [4.69, 9.17) is 0 Å². The number of sulfonamides is 1. The molecule has 29 heavy (non-hydrogen) atoms. The van der Waals surface area contributed by atoms with Crippen LogP contribution in [0.2, 0.25) is 0 Å². The molecular weight excluding hydrogens is 395 g/mol. The van der Waals surface area contributed by atoms with Gasteiger partial charge in [-0.05, 0) is 44.5 Å². The van der Waals surface area contributed by atoms with Crippen LogP contribution in [0.25, 0.3) is 5.82 Å². The third-order valence-electron chi connectivity index (χ3n) is 4.05. The van der Waals surface area contributed by atoms with Crippen molar-refractivity contribution >= 4 is 15.8 Å². The summed E-state index contributed by atoms with van der Waals surface area (Å²) in [5.74, 6) is 1.04. The Morgan fingerprint density at radius 1 is 1.07 bits per heavy atom. The maximum Gasteiger partial charge on any atom is 0.215 e. The minimum Gasteiger partial charge on any atom is -0.369 e. The molecule has 2 N–H and O–H groups in total. The van der Waals surface area contributed by atoms with Crippen molar-refractivity contribution in [3.05, 3.63) is 65.0 Å². The van der Waals surface area contributed by atoms with E-state index in [9.17, 15) is 12.8 Å². The van der Waals surface area contributed by atoms with Crippen LogP contribution >= 0.6 is 0 Å². The predicted molar refractivity (Wildman–Crippen MR) is 109 cm³/mol. The molecule has 1 aromatic carbocycles. The maximum atomic E-state index is 13.2. The lowest BCUT2D eigenvalue weighted by molar-refractivity contribution is 0.581. The first kappa shape index (κ1) is 20.9. The van der Waals surface area contributed by atoms with Gasteiger partial charge in [0.2, 0.25) is 10.0 Å². The van der Waals surface area contributed by atoms with Crippen molar-refractivity contribution < 1.29 is 12.8 Å². The van der Waals surface area contributed by atoms with E-state index in [0.29, 0.717) is 29.6 Å². The number of hydrogen-bond acceptors (Lipinski definition) is 6. The topological polar surface area (TPSA) is 102 Å². The summed E-state index contributed by atoms with van der Waals surface area (Å²) in [6.07, 6.45) is 0. The number of anilines is 1. The first-order valence-corrected chi connectivity index (χ1v) is 10.7. The van der Waals surface area contributed by atoms with Gasteiger partial charge in [0.25, 0.3) is 0 Å². The van der Waals surface area contributed by atoms with Crippen LogP contribution in [0.1, 0.15) is 22.8 Å². The zero-order valence-electron chi connectivity index (χ0n) is 16.5. The number of hydrogen-bond donors (Lipinski definition) is 2. The standard InChI is InChI=1S/C19H23FN6O2S/c1-13-9-14(2)26(25-13)19-11-18(23-15(3)24-19)21-7-8-22-29(27,28)12-16-5-4-6-17(20)10-16/h4-6,9-11,22H,7-8,12H2,1-3H3,(H,21,23,24). The third-order valence-corrected chi connectivity index (χ3v) is 5.41. The number of aromatic nitrogens is 4. The van der Waals surface area contributed by atoms with Gasteiger partial charge in [0, 0.05) is 24.8 Å². The van der Waals surface area contributed by atoms with Crippen LogP contribution in [0.15, 0.2) is 36.4 Å². The Morgan fingerprint density at radius 2 is 1.86 bits per heavy atom. The summed E-state index contributed by atoms with van der Waals surface area (Å²) in [4.78, 5) is 8.73. The fraction of sp³-hybridized carbons (Fsp3) is 0.316. The average Bonchev–Trinajstić information content (AvgIpc) is 2.96. The van der Waals surface area contributed by atoms with E-state index in [2.05, 4.69) is 25.1 Å². The molecule has 2 aromatic heterocycles. The molecule has 0 atom stereocenters. The molecule has 0 unspecified atom stereocenters. The molecule has 0 aliphatic carbocycles. The van der Waals surface area contributed by atoms with Gasteiger partial charge in [-0.25, -0.2) is 32.2 Å². The van der Waals surface area contributed by atoms with Crippen molar-refractivity contribution in [3.8, 4) is 5.82 Å². The van der Waals surface area contributed by atoms with Crippen LogP contribution < -0.4 is 10.0 Å². The zero-order chi connectivity index (χ0) is 21.0. The SMILES string of the molecule is Cc1cc(C)n(-c2cc(NCCNS(=O)(=O)Cc3cccc(F)c3)nc(C)n2)n1. The van der Waals surface area contributed by atoms with E-state index in [0.717, 1.165) is 11.4 Å². The second-order valence-corrected chi connectivity index (χ2v) is 8.51. The highest BCUT2D eigenvalue weighted by Gasteiger charge is 2.12. The highest BCUT2D eigenvalue weighted by molar-refractivity contribution is 7.88. The first-order valence-electron chi connectivity index (χ1n) is 9.07. The van der Waals surface area contributed by atoms with E-state index in [1.165, 1.54) is 18.2 Å². The van der Waals surface area contributed by atoms with E-state index in [-0.39, 0.29) is 12.3 Å². The summed E-state index contributed by atoms with van der Waals surface area (Å²) in [6, 6.07) is 9.26. The molecule has 0 aliphatic heterocycles. The summed E-state index contributed by atoms with van der Waals surface area (Å²) in [7, 11) is -3.57. The van der Waals surface area contributed by atoms with Gasteiger partial charge in [0.15, 0.2) is 5.82 Å². The Balaban J connectivity index is 1.58. The highest BCUT2D eigenvalue weighted by Crippen LogP contribution is 2.14. The molecule has 0 bridgehead atoms. The van der Waals surface area contributed by atoms with Gasteiger partial charge in [0.1, 0.15) is 17.5 Å². The lowest BCUT2D eigenvalue weighted by Gasteiger charge is -2.11. The highest BCUT2D eigenvalue weighted by atomic mass is 32.2. The molecule has 0 saturated carbocycles. The van der Waals surface area contributed by atoms with Crippen molar-refractivity contribution in [2.75, 3.05) is 18.4 Å². The number of aryl methyl sites for hydroxylation is 3. The van der Waals surface area contributed by atoms with Crippen LogP contribution in [-0.4, -0.2) is 41.3 Å². The molecule has 0 amide bonds. The summed E-state index contributed by atoms with van der Waals surface area (Å²) in [6.45, 7) is 6.12. The zero-order valence-corrected chi connectivity index (χ0v) is 17.3. The summed E-state index contributed by atoms with van der Waals surface area (Å²) < 4.78 is 41.8. The summed E-state index contributed by atoms with van der Waals surface area (Å²) >= 11 is 0. The second kappa shape index (κ2) is 8.66. The number of rotatable bonds is 8. The fourth-order valence-electron chi connectivity index (χ4n) is 2.91. The van der Waals surface area contributed by atoms with E-state index >= 15 is 0 Å². The maximum absolute atomic E-state index is 13.2. The van der Waals surface area contributed by atoms with Crippen molar-refractivity contribution in [1.29, 1.82) is 0 Å². The Bertz CT molecular complexity index is 1110. The van der Waals surface area contributed by atoms with Crippen LogP contribution in [0.4, 0.5) is 10.2 Å². The van der Waals surface area contributed by atoms with Gasteiger partial charge in [-0.15, -0.1) is 0 Å². The largest absolute Gasteiger partial charge is 0.369 e. The van der Waals surface area contributed by atoms with Crippen molar-refractivity contribution in [2.24, 2.45) is 0 Å². The third kappa shape index (κ3) is 5.81. The number of nitrogens with zero attached hydrogens (tertiary/aromatic N) is 4. The molecule has 0 spiro atoms. The van der Waals surface area contributed by atoms with E-state index in [1.54, 1.807) is 23.7 Å². The Kier molecular flexibility index (Phi) is 6.23. The van der Waals surface area contributed by atoms with Gasteiger partial charge < -0.3 is 5.32 Å². The molecule has 0 fully saturated rings.